The molecule has 45 heteroatoms. The average Bonchev–Trinajstić information content (AvgIpc) is 1.70. The van der Waals surface area contributed by atoms with Crippen molar-refractivity contribution in [2.75, 3.05) is 37.7 Å². The number of nitrogens with two attached hydrogens (primary N) is 3. The van der Waals surface area contributed by atoms with Crippen LogP contribution in [-0.2, 0) is 107 Å². The maximum absolute atomic E-state index is 15.3. The number of likely N-dealkylation sites (tertiary alicyclic amines) is 1. The highest BCUT2D eigenvalue weighted by Gasteiger charge is 2.41. The maximum atomic E-state index is 15.3. The number of para-hydroxylation sites is 2. The Labute approximate surface area is 738 Å². The second kappa shape index (κ2) is 49.3. The molecule has 0 saturated carbocycles. The van der Waals surface area contributed by atoms with Crippen molar-refractivity contribution in [2.45, 2.75) is 189 Å². The van der Waals surface area contributed by atoms with Crippen LogP contribution in [0, 0.1) is 5.41 Å². The number of aliphatic hydroxyl groups excluding tert-OH is 3. The van der Waals surface area contributed by atoms with Crippen molar-refractivity contribution in [1.29, 1.82) is 5.41 Å². The molecule has 0 radical (unpaired) electrons. The van der Waals surface area contributed by atoms with Crippen LogP contribution in [0.25, 0.3) is 21.8 Å². The summed E-state index contributed by atoms with van der Waals surface area (Å²) in [5, 5.41) is 95.9. The van der Waals surface area contributed by atoms with Gasteiger partial charge in [0.1, 0.15) is 84.3 Å². The van der Waals surface area contributed by atoms with Gasteiger partial charge in [0.25, 0.3) is 0 Å². The van der Waals surface area contributed by atoms with Crippen molar-refractivity contribution in [3.63, 3.8) is 0 Å². The molecule has 2 aromatic heterocycles. The fraction of sp³-hybridized carbons (Fsp3) is 0.439. The molecule has 0 aliphatic carbocycles. The van der Waals surface area contributed by atoms with Crippen LogP contribution >= 0.6 is 25.3 Å². The van der Waals surface area contributed by atoms with Gasteiger partial charge in [-0.2, -0.15) is 25.3 Å². The number of nitrogens with zero attached hydrogens (tertiary/aromatic N) is 1. The molecule has 6 aromatic rings. The Morgan fingerprint density at radius 3 is 1.35 bits per heavy atom. The highest BCUT2D eigenvalue weighted by molar-refractivity contribution is 7.80. The number of carbonyl (C=O) groups is 17. The van der Waals surface area contributed by atoms with Crippen LogP contribution in [0.3, 0.4) is 0 Å². The Balaban J connectivity index is 1.15. The van der Waals surface area contributed by atoms with Crippen LogP contribution < -0.4 is 91.6 Å². The minimum Gasteiger partial charge on any atom is -0.508 e. The summed E-state index contributed by atoms with van der Waals surface area (Å²) in [5.41, 5.74) is 19.0. The quantitative estimate of drug-likeness (QED) is 0.00732. The number of aliphatic carboxylic acids is 1. The summed E-state index contributed by atoms with van der Waals surface area (Å²) in [6, 6.07) is 5.78. The lowest BCUT2D eigenvalue weighted by Gasteiger charge is -2.29. The zero-order valence-corrected chi connectivity index (χ0v) is 71.4. The molecule has 1 aliphatic heterocycles. The fourth-order valence-electron chi connectivity index (χ4n) is 13.8. The van der Waals surface area contributed by atoms with Gasteiger partial charge in [0.15, 0.2) is 5.96 Å². The van der Waals surface area contributed by atoms with E-state index < -0.39 is 255 Å². The van der Waals surface area contributed by atoms with Crippen LogP contribution in [0.2, 0.25) is 0 Å². The van der Waals surface area contributed by atoms with Crippen molar-refractivity contribution in [2.24, 2.45) is 17.2 Å². The minimum absolute atomic E-state index is 0.0351. The van der Waals surface area contributed by atoms with Gasteiger partial charge >= 0.3 is 5.97 Å². The molecule has 43 nitrogen and oxygen atoms in total. The molecule has 28 N–H and O–H groups in total. The maximum Gasteiger partial charge on any atom is 0.303 e. The largest absolute Gasteiger partial charge is 0.508 e. The lowest BCUT2D eigenvalue weighted by molar-refractivity contribution is -0.140. The first-order valence-corrected chi connectivity index (χ1v) is 41.8. The second-order valence-electron chi connectivity index (χ2n) is 30.3. The number of carbonyl (C=O) groups excluding carboxylic acids is 16. The monoisotopic (exact) mass is 1800 g/mol. The third-order valence-electron chi connectivity index (χ3n) is 20.5. The minimum atomic E-state index is -1.95. The van der Waals surface area contributed by atoms with E-state index in [-0.39, 0.29) is 62.3 Å². The van der Waals surface area contributed by atoms with Gasteiger partial charge in [0.2, 0.25) is 94.5 Å². The average molecular weight is 1810 g/mol. The summed E-state index contributed by atoms with van der Waals surface area (Å²) in [6.07, 6.45) is -4.13. The third kappa shape index (κ3) is 31.1. The Hall–Kier alpha value is -13.4. The van der Waals surface area contributed by atoms with E-state index in [0.717, 1.165) is 25.7 Å². The number of aromatic nitrogens is 2. The predicted molar refractivity (Wildman–Crippen MR) is 464 cm³/mol. The number of thiol groups is 2. The molecule has 4 aromatic carbocycles. The van der Waals surface area contributed by atoms with Crippen molar-refractivity contribution < 1.29 is 107 Å². The lowest BCUT2D eigenvalue weighted by Crippen LogP contribution is -2.62. The summed E-state index contributed by atoms with van der Waals surface area (Å²) in [7, 11) is 0. The van der Waals surface area contributed by atoms with E-state index in [4.69, 9.17) is 22.6 Å². The second-order valence-corrected chi connectivity index (χ2v) is 31.0. The number of benzene rings is 4. The summed E-state index contributed by atoms with van der Waals surface area (Å²) >= 11 is 8.45. The number of phenols is 1. The summed E-state index contributed by atoms with van der Waals surface area (Å²) in [4.78, 5) is 243. The van der Waals surface area contributed by atoms with E-state index in [9.17, 15) is 97.5 Å². The van der Waals surface area contributed by atoms with Crippen molar-refractivity contribution in [3.8, 4) is 5.75 Å². The van der Waals surface area contributed by atoms with E-state index in [1.54, 1.807) is 85.1 Å². The van der Waals surface area contributed by atoms with Gasteiger partial charge in [-0.25, -0.2) is 0 Å². The number of aromatic amines is 2. The molecule has 1 saturated heterocycles. The van der Waals surface area contributed by atoms with Crippen molar-refractivity contribution in [3.05, 3.63) is 138 Å². The Morgan fingerprint density at radius 1 is 0.480 bits per heavy atom. The third-order valence-corrected chi connectivity index (χ3v) is 21.3. The molecule has 7 rings (SSSR count). The first kappa shape index (κ1) is 101. The molecule has 1 fully saturated rings. The standard InChI is InChI=1S/C82H109N21O22S2/c1-41(105)67(80(124)97-56(31-44-13-5-4-6-14-44)70(114)90-37-65(110)103-30-12-20-63(103)79(123)99-60(38-104)69(84)113)101-72(116)53(19-11-29-87-82(85)86)92-75(119)58(33-46-35-88-51-17-9-7-15-49(46)51)96-74(118)57(32-45-21-23-48(108)24-22-45)95-78(122)62(40-127)100-71(115)55(26-28-66(111)112)93-76(120)59(34-47-36-89-52-18-10-8-16-50(47)52)98-81(125)68(42(2)106)102-73(117)54(25-27-64(83)109)94-77(121)61(39-126)91-43(3)107/h4-10,13-18,21-24,35-36,41-42,53-63,67-68,88-89,104-106,108,126-127H,11-12,19-20,25-34,37-40H2,1-3H3,(H2,83,109)(H2,84,113)(H,90,114)(H,91,107)(H,92,119)(H,93,120)(H,94,121)(H,95,122)(H,96,118)(H,97,124)(H,98,125)(H,99,123)(H,100,115)(H,101,116)(H,102,117)(H,111,112)(H4,85,86,87)/t41-,42-,53+,54+,55+,56+,57+,58+,59+,60+,61+,62+,63+,67+,68+/m1/s1. The first-order valence-electron chi connectivity index (χ1n) is 40.5. The number of aromatic hydroxyl groups is 1. The predicted octanol–water partition coefficient (Wildman–Crippen LogP) is -5.94. The SMILES string of the molecule is CC(=O)N[C@@H](CS)C(=O)N[C@@H](CCC(N)=O)C(=O)N[C@H](C(=O)N[C@@H](Cc1c[nH]c2ccccc12)C(=O)N[C@@H](CCC(=O)O)C(=O)N[C@@H](CS)C(=O)N[C@@H](Cc1ccc(O)cc1)C(=O)N[C@@H](Cc1c[nH]c2ccccc12)C(=O)N[C@@H](CCCNC(=N)N)C(=O)N[C@H](C(=O)N[C@@H](Cc1ccccc1)C(=O)NCC(=O)N1CCC[C@H]1C(=O)N[C@@H](CO)C(N)=O)[C@@H](C)O)[C@@H](C)O. The van der Waals surface area contributed by atoms with Crippen molar-refractivity contribution in [1.82, 2.24) is 89.3 Å². The summed E-state index contributed by atoms with van der Waals surface area (Å²) < 4.78 is 0. The normalized spacial score (nSPS) is 15.7. The number of phenolic OH excluding ortho intramolecular Hbond substituents is 1. The number of amides is 16. The van der Waals surface area contributed by atoms with E-state index in [0.29, 0.717) is 44.9 Å². The number of rotatable bonds is 50. The van der Waals surface area contributed by atoms with E-state index in [2.05, 4.69) is 110 Å². The van der Waals surface area contributed by atoms with Gasteiger partial charge < -0.3 is 132 Å². The van der Waals surface area contributed by atoms with Gasteiger partial charge in [-0.15, -0.1) is 0 Å². The highest BCUT2D eigenvalue weighted by atomic mass is 32.1. The Bertz CT molecular complexity index is 4920. The fourth-order valence-corrected chi connectivity index (χ4v) is 14.3. The topological polar surface area (TPSA) is 696 Å². The van der Waals surface area contributed by atoms with E-state index >= 15 is 9.59 Å². The number of hydrogen-bond donors (Lipinski definition) is 27. The molecular formula is C82H109N21O22S2. The molecule has 686 valence electrons. The van der Waals surface area contributed by atoms with Gasteiger partial charge in [-0.3, -0.25) is 86.9 Å². The smallest absolute Gasteiger partial charge is 0.303 e. The summed E-state index contributed by atoms with van der Waals surface area (Å²) in [6.45, 7) is 1.85. The van der Waals surface area contributed by atoms with Crippen LogP contribution in [0.5, 0.6) is 5.75 Å². The zero-order valence-electron chi connectivity index (χ0n) is 69.6. The summed E-state index contributed by atoms with van der Waals surface area (Å²) in [5.74, 6) is -19.2. The zero-order chi connectivity index (χ0) is 93.3. The molecular weight excluding hydrogens is 1700 g/mol. The number of nitrogens with one attached hydrogen (secondary N) is 17. The first-order chi connectivity index (χ1) is 60.4. The van der Waals surface area contributed by atoms with Crippen LogP contribution in [0.15, 0.2) is 116 Å². The molecule has 0 unspecified atom stereocenters. The Kier molecular flexibility index (Phi) is 39.1. The number of fused-ring (bicyclic) bond motifs is 2. The van der Waals surface area contributed by atoms with Crippen LogP contribution in [0.4, 0.5) is 0 Å². The molecule has 127 heavy (non-hydrogen) atoms. The van der Waals surface area contributed by atoms with Gasteiger partial charge in [-0.1, -0.05) is 78.9 Å². The van der Waals surface area contributed by atoms with Gasteiger partial charge in [0.05, 0.1) is 25.4 Å². The number of hydrogen-bond acceptors (Lipinski definition) is 24. The van der Waals surface area contributed by atoms with Crippen molar-refractivity contribution >= 4 is 154 Å². The van der Waals surface area contributed by atoms with Crippen LogP contribution in [0.1, 0.15) is 94.4 Å². The molecule has 0 spiro atoms. The van der Waals surface area contributed by atoms with Gasteiger partial charge in [0, 0.05) is 104 Å². The Morgan fingerprint density at radius 2 is 0.890 bits per heavy atom. The molecule has 0 bridgehead atoms. The van der Waals surface area contributed by atoms with Crippen LogP contribution in [-0.4, -0.2) is 275 Å². The molecule has 1 aliphatic rings. The number of H-pyrrole nitrogens is 2. The molecule has 3 heterocycles. The number of carboxylic acid groups (broad SMARTS) is 1. The lowest BCUT2D eigenvalue weighted by atomic mass is 10.0. The number of guanidine groups is 1. The van der Waals surface area contributed by atoms with E-state index in [1.807, 2.05) is 0 Å². The number of primary amides is 2. The molecule has 16 amide bonds. The molecule has 15 atom stereocenters. The van der Waals surface area contributed by atoms with E-state index in [1.165, 1.54) is 30.5 Å². The number of aliphatic hydroxyl groups is 3. The van der Waals surface area contributed by atoms with Gasteiger partial charge in [-0.05, 0) is 98.9 Å². The number of carboxylic acids is 1. The highest BCUT2D eigenvalue weighted by Crippen LogP contribution is 2.24.